The minimum absolute atomic E-state index is 0.0811. The topological polar surface area (TPSA) is 54.3 Å². The van der Waals surface area contributed by atoms with Gasteiger partial charge in [0, 0.05) is 25.0 Å². The Morgan fingerprint density at radius 1 is 1.47 bits per heavy atom. The number of aromatic nitrogens is 1. The number of aliphatic carboxylic acids is 1. The predicted octanol–water partition coefficient (Wildman–Crippen LogP) is 1.84. The average molecular weight is 238 g/mol. The molecule has 4 heteroatoms. The number of carboxylic acid groups (broad SMARTS) is 1. The fourth-order valence-corrected chi connectivity index (χ4v) is 1.94. The molecule has 0 fully saturated rings. The lowest BCUT2D eigenvalue weighted by molar-refractivity contribution is -0.140. The Bertz CT molecular complexity index is 408. The second kappa shape index (κ2) is 5.36. The summed E-state index contributed by atoms with van der Waals surface area (Å²) in [6.45, 7) is 8.52. The molecule has 0 aromatic carbocycles. The molecule has 1 unspecified atom stereocenters. The number of carboxylic acids is 1. The number of carbonyl (C=O) groups is 1. The van der Waals surface area contributed by atoms with Crippen molar-refractivity contribution in [2.75, 3.05) is 0 Å². The average Bonchev–Trinajstić information content (AvgIpc) is 2.45. The third-order valence-corrected chi connectivity index (χ3v) is 3.33. The summed E-state index contributed by atoms with van der Waals surface area (Å²) in [4.78, 5) is 11.1. The van der Waals surface area contributed by atoms with Crippen molar-refractivity contribution in [3.05, 3.63) is 23.0 Å². The lowest BCUT2D eigenvalue weighted by Gasteiger charge is -2.17. The van der Waals surface area contributed by atoms with E-state index in [-0.39, 0.29) is 5.92 Å². The summed E-state index contributed by atoms with van der Waals surface area (Å²) in [5, 5.41) is 12.2. The van der Waals surface area contributed by atoms with E-state index in [1.54, 1.807) is 0 Å². The minimum Gasteiger partial charge on any atom is -0.480 e. The van der Waals surface area contributed by atoms with E-state index in [1.807, 2.05) is 27.8 Å². The fraction of sp³-hybridized carbons (Fsp3) is 0.615. The molecule has 96 valence electrons. The van der Waals surface area contributed by atoms with Crippen molar-refractivity contribution in [1.82, 2.24) is 9.88 Å². The molecule has 1 aromatic rings. The monoisotopic (exact) mass is 238 g/mol. The van der Waals surface area contributed by atoms with E-state index in [0.717, 1.165) is 5.56 Å². The third kappa shape index (κ3) is 3.09. The van der Waals surface area contributed by atoms with Crippen molar-refractivity contribution < 1.29 is 9.90 Å². The number of nitrogens with one attached hydrogen (secondary N) is 1. The molecule has 0 amide bonds. The zero-order valence-electron chi connectivity index (χ0n) is 11.2. The van der Waals surface area contributed by atoms with Crippen LogP contribution in [0.4, 0.5) is 0 Å². The lowest BCUT2D eigenvalue weighted by atomic mass is 10.0. The fourth-order valence-electron chi connectivity index (χ4n) is 1.94. The maximum Gasteiger partial charge on any atom is 0.320 e. The third-order valence-electron chi connectivity index (χ3n) is 3.33. The van der Waals surface area contributed by atoms with Crippen molar-refractivity contribution in [2.45, 2.75) is 40.3 Å². The number of hydrogen-bond acceptors (Lipinski definition) is 2. The van der Waals surface area contributed by atoms with Crippen LogP contribution in [-0.2, 0) is 18.4 Å². The van der Waals surface area contributed by atoms with Gasteiger partial charge in [-0.15, -0.1) is 0 Å². The molecule has 0 spiro atoms. The van der Waals surface area contributed by atoms with Gasteiger partial charge in [0.05, 0.1) is 0 Å². The summed E-state index contributed by atoms with van der Waals surface area (Å²) >= 11 is 0. The molecule has 0 saturated carbocycles. The van der Waals surface area contributed by atoms with E-state index in [4.69, 9.17) is 5.11 Å². The molecule has 17 heavy (non-hydrogen) atoms. The molecule has 0 aliphatic rings. The summed E-state index contributed by atoms with van der Waals surface area (Å²) in [6, 6.07) is 1.61. The Morgan fingerprint density at radius 2 is 2.06 bits per heavy atom. The molecule has 1 heterocycles. The highest BCUT2D eigenvalue weighted by molar-refractivity contribution is 5.73. The van der Waals surface area contributed by atoms with Gasteiger partial charge in [0.25, 0.3) is 0 Å². The van der Waals surface area contributed by atoms with Crippen LogP contribution in [0.2, 0.25) is 0 Å². The van der Waals surface area contributed by atoms with Crippen LogP contribution < -0.4 is 5.32 Å². The molecule has 4 nitrogen and oxygen atoms in total. The molecule has 0 saturated heterocycles. The SMILES string of the molecule is Cc1cc(CNC(C(=O)O)C(C)C)c(C)n1C. The standard InChI is InChI=1S/C13H22N2O2/c1-8(2)12(13(16)17)14-7-11-6-9(3)15(5)10(11)4/h6,8,12,14H,7H2,1-5H3,(H,16,17). The summed E-state index contributed by atoms with van der Waals surface area (Å²) in [7, 11) is 2.02. The Labute approximate surface area is 103 Å². The van der Waals surface area contributed by atoms with Crippen LogP contribution in [0.1, 0.15) is 30.8 Å². The molecular formula is C13H22N2O2. The first kappa shape index (κ1) is 13.8. The molecule has 0 radical (unpaired) electrons. The Kier molecular flexibility index (Phi) is 4.34. The second-order valence-electron chi connectivity index (χ2n) is 4.90. The van der Waals surface area contributed by atoms with Gasteiger partial charge >= 0.3 is 5.97 Å². The van der Waals surface area contributed by atoms with E-state index in [0.29, 0.717) is 6.54 Å². The van der Waals surface area contributed by atoms with Crippen molar-refractivity contribution in [2.24, 2.45) is 13.0 Å². The highest BCUT2D eigenvalue weighted by Crippen LogP contribution is 2.13. The predicted molar refractivity (Wildman–Crippen MR) is 68.0 cm³/mol. The van der Waals surface area contributed by atoms with Crippen LogP contribution in [0.5, 0.6) is 0 Å². The molecule has 2 N–H and O–H groups in total. The number of rotatable bonds is 5. The molecule has 0 bridgehead atoms. The van der Waals surface area contributed by atoms with Gasteiger partial charge in [0.15, 0.2) is 0 Å². The molecule has 1 atom stereocenters. The largest absolute Gasteiger partial charge is 0.480 e. The van der Waals surface area contributed by atoms with Crippen molar-refractivity contribution in [1.29, 1.82) is 0 Å². The van der Waals surface area contributed by atoms with E-state index in [1.165, 1.54) is 11.4 Å². The van der Waals surface area contributed by atoms with Gasteiger partial charge in [0.1, 0.15) is 6.04 Å². The van der Waals surface area contributed by atoms with Crippen LogP contribution in [-0.4, -0.2) is 21.7 Å². The van der Waals surface area contributed by atoms with Gasteiger partial charge in [0.2, 0.25) is 0 Å². The van der Waals surface area contributed by atoms with Gasteiger partial charge in [-0.1, -0.05) is 13.8 Å². The molecule has 1 rings (SSSR count). The highest BCUT2D eigenvalue weighted by atomic mass is 16.4. The van der Waals surface area contributed by atoms with Gasteiger partial charge in [-0.3, -0.25) is 4.79 Å². The number of nitrogens with zero attached hydrogens (tertiary/aromatic N) is 1. The lowest BCUT2D eigenvalue weighted by Crippen LogP contribution is -2.40. The molecule has 1 aromatic heterocycles. The summed E-state index contributed by atoms with van der Waals surface area (Å²) < 4.78 is 2.11. The van der Waals surface area contributed by atoms with E-state index in [9.17, 15) is 4.79 Å². The summed E-state index contributed by atoms with van der Waals surface area (Å²) in [5.41, 5.74) is 3.54. The zero-order chi connectivity index (χ0) is 13.2. The van der Waals surface area contributed by atoms with Gasteiger partial charge < -0.3 is 15.0 Å². The van der Waals surface area contributed by atoms with Crippen molar-refractivity contribution in [3.63, 3.8) is 0 Å². The quantitative estimate of drug-likeness (QED) is 0.823. The van der Waals surface area contributed by atoms with E-state index in [2.05, 4.69) is 22.9 Å². The number of hydrogen-bond donors (Lipinski definition) is 2. The van der Waals surface area contributed by atoms with Gasteiger partial charge in [-0.05, 0) is 31.4 Å². The van der Waals surface area contributed by atoms with Crippen molar-refractivity contribution >= 4 is 5.97 Å². The first-order valence-corrected chi connectivity index (χ1v) is 5.92. The zero-order valence-corrected chi connectivity index (χ0v) is 11.2. The molecule has 0 aliphatic heterocycles. The second-order valence-corrected chi connectivity index (χ2v) is 4.90. The van der Waals surface area contributed by atoms with E-state index < -0.39 is 12.0 Å². The van der Waals surface area contributed by atoms with Crippen LogP contribution in [0.15, 0.2) is 6.07 Å². The van der Waals surface area contributed by atoms with Crippen LogP contribution in [0, 0.1) is 19.8 Å². The van der Waals surface area contributed by atoms with Crippen LogP contribution >= 0.6 is 0 Å². The Balaban J connectivity index is 2.72. The maximum absolute atomic E-state index is 11.1. The smallest absolute Gasteiger partial charge is 0.320 e. The Hall–Kier alpha value is -1.29. The normalized spacial score (nSPS) is 13.1. The molecular weight excluding hydrogens is 216 g/mol. The Morgan fingerprint density at radius 3 is 2.41 bits per heavy atom. The van der Waals surface area contributed by atoms with Crippen molar-refractivity contribution in [3.8, 4) is 0 Å². The summed E-state index contributed by atoms with van der Waals surface area (Å²) in [5.74, 6) is -0.706. The van der Waals surface area contributed by atoms with E-state index >= 15 is 0 Å². The molecule has 0 aliphatic carbocycles. The van der Waals surface area contributed by atoms with Gasteiger partial charge in [-0.25, -0.2) is 0 Å². The first-order chi connectivity index (χ1) is 7.84. The maximum atomic E-state index is 11.1. The number of aryl methyl sites for hydroxylation is 1. The van der Waals surface area contributed by atoms with Gasteiger partial charge in [-0.2, -0.15) is 0 Å². The minimum atomic E-state index is -0.787. The van der Waals surface area contributed by atoms with Crippen LogP contribution in [0.3, 0.4) is 0 Å². The summed E-state index contributed by atoms with van der Waals surface area (Å²) in [6.07, 6.45) is 0. The first-order valence-electron chi connectivity index (χ1n) is 5.92. The highest BCUT2D eigenvalue weighted by Gasteiger charge is 2.21. The van der Waals surface area contributed by atoms with Crippen LogP contribution in [0.25, 0.3) is 0 Å².